The minimum Gasteiger partial charge on any atom is -0.387 e. The van der Waals surface area contributed by atoms with Crippen LogP contribution in [0.3, 0.4) is 0 Å². The molecule has 2 aromatic carbocycles. The fourth-order valence-electron chi connectivity index (χ4n) is 1.94. The summed E-state index contributed by atoms with van der Waals surface area (Å²) in [7, 11) is 0. The van der Waals surface area contributed by atoms with E-state index in [-0.39, 0.29) is 22.7 Å². The van der Waals surface area contributed by atoms with Crippen molar-refractivity contribution in [3.05, 3.63) is 69.5 Å². The average Bonchev–Trinajstić information content (AvgIpc) is 2.50. The molecule has 23 heavy (non-hydrogen) atoms. The number of aliphatic hydroxyl groups excluding tert-OH is 1. The second kappa shape index (κ2) is 7.02. The molecule has 2 N–H and O–H groups in total. The summed E-state index contributed by atoms with van der Waals surface area (Å²) in [5.74, 6) is -3.17. The number of carbonyl (C=O) groups is 1. The third kappa shape index (κ3) is 4.03. The molecule has 0 aromatic heterocycles. The Morgan fingerprint density at radius 2 is 1.87 bits per heavy atom. The van der Waals surface area contributed by atoms with Gasteiger partial charge in [0.25, 0.3) is 5.91 Å². The van der Waals surface area contributed by atoms with E-state index in [1.165, 1.54) is 19.1 Å². The molecule has 2 rings (SSSR count). The summed E-state index contributed by atoms with van der Waals surface area (Å²) in [5.41, 5.74) is -0.193. The summed E-state index contributed by atoms with van der Waals surface area (Å²) in [6.07, 6.45) is -1.22. The van der Waals surface area contributed by atoms with Crippen LogP contribution in [0.4, 0.5) is 13.2 Å². The van der Waals surface area contributed by atoms with Crippen molar-refractivity contribution >= 4 is 17.5 Å². The van der Waals surface area contributed by atoms with Gasteiger partial charge in [0, 0.05) is 6.54 Å². The van der Waals surface area contributed by atoms with Crippen molar-refractivity contribution in [2.24, 2.45) is 0 Å². The van der Waals surface area contributed by atoms with Gasteiger partial charge in [-0.25, -0.2) is 13.2 Å². The fourth-order valence-corrected chi connectivity index (χ4v) is 2.06. The van der Waals surface area contributed by atoms with Crippen molar-refractivity contribution in [3.63, 3.8) is 0 Å². The van der Waals surface area contributed by atoms with Crippen LogP contribution in [0.5, 0.6) is 0 Å². The highest BCUT2D eigenvalue weighted by Crippen LogP contribution is 2.20. The molecule has 1 unspecified atom stereocenters. The fraction of sp³-hybridized carbons (Fsp3) is 0.188. The number of rotatable bonds is 4. The number of benzene rings is 2. The summed E-state index contributed by atoms with van der Waals surface area (Å²) in [6, 6.07) is 5.40. The normalized spacial score (nSPS) is 12.1. The van der Waals surface area contributed by atoms with Gasteiger partial charge in [-0.3, -0.25) is 4.79 Å². The maximum atomic E-state index is 13.7. The molecule has 7 heteroatoms. The summed E-state index contributed by atoms with van der Waals surface area (Å²) >= 11 is 5.53. The molecular weight excluding hydrogens is 331 g/mol. The van der Waals surface area contributed by atoms with Crippen molar-refractivity contribution in [1.29, 1.82) is 0 Å². The van der Waals surface area contributed by atoms with Gasteiger partial charge in [-0.05, 0) is 42.3 Å². The monoisotopic (exact) mass is 343 g/mol. The van der Waals surface area contributed by atoms with E-state index in [4.69, 9.17) is 11.6 Å². The Kier molecular flexibility index (Phi) is 5.28. The lowest BCUT2D eigenvalue weighted by Crippen LogP contribution is -2.29. The molecule has 0 saturated carbocycles. The molecule has 2 aromatic rings. The quantitative estimate of drug-likeness (QED) is 0.892. The number of hydrogen-bond acceptors (Lipinski definition) is 2. The Balaban J connectivity index is 2.06. The molecule has 0 spiro atoms. The van der Waals surface area contributed by atoms with Crippen LogP contribution in [-0.2, 0) is 0 Å². The van der Waals surface area contributed by atoms with Crippen LogP contribution >= 0.6 is 11.6 Å². The van der Waals surface area contributed by atoms with Gasteiger partial charge in [-0.1, -0.05) is 17.7 Å². The lowest BCUT2D eigenvalue weighted by atomic mass is 10.1. The zero-order valence-corrected chi connectivity index (χ0v) is 12.8. The standard InChI is InChI=1S/C16H13ClF3NO2/c1-8-4-13(19)10(6-12(8)18)16(23)21-7-15(22)9-2-3-11(17)14(20)5-9/h2-6,15,22H,7H2,1H3,(H,21,23). The first-order valence-electron chi connectivity index (χ1n) is 6.66. The van der Waals surface area contributed by atoms with E-state index in [1.54, 1.807) is 0 Å². The topological polar surface area (TPSA) is 49.3 Å². The maximum Gasteiger partial charge on any atom is 0.254 e. The lowest BCUT2D eigenvalue weighted by Gasteiger charge is -2.13. The third-order valence-electron chi connectivity index (χ3n) is 3.28. The molecule has 0 aliphatic carbocycles. The first-order valence-corrected chi connectivity index (χ1v) is 7.04. The summed E-state index contributed by atoms with van der Waals surface area (Å²) in [4.78, 5) is 11.9. The zero-order valence-electron chi connectivity index (χ0n) is 12.0. The molecule has 1 amide bonds. The minimum absolute atomic E-state index is 0.0794. The van der Waals surface area contributed by atoms with E-state index in [2.05, 4.69) is 5.32 Å². The largest absolute Gasteiger partial charge is 0.387 e. The Morgan fingerprint density at radius 3 is 2.52 bits per heavy atom. The predicted octanol–water partition coefficient (Wildman–Crippen LogP) is 3.53. The van der Waals surface area contributed by atoms with Gasteiger partial charge in [0.2, 0.25) is 0 Å². The third-order valence-corrected chi connectivity index (χ3v) is 3.58. The number of carbonyl (C=O) groups excluding carboxylic acids is 1. The first kappa shape index (κ1) is 17.3. The van der Waals surface area contributed by atoms with Crippen LogP contribution in [-0.4, -0.2) is 17.6 Å². The van der Waals surface area contributed by atoms with E-state index in [9.17, 15) is 23.1 Å². The van der Waals surface area contributed by atoms with Crippen LogP contribution in [0.2, 0.25) is 5.02 Å². The highest BCUT2D eigenvalue weighted by molar-refractivity contribution is 6.30. The Labute approximate surface area is 135 Å². The van der Waals surface area contributed by atoms with E-state index in [0.29, 0.717) is 0 Å². The minimum atomic E-state index is -1.22. The second-order valence-corrected chi connectivity index (χ2v) is 5.39. The maximum absolute atomic E-state index is 13.7. The van der Waals surface area contributed by atoms with Gasteiger partial charge in [0.15, 0.2) is 0 Å². The molecular formula is C16H13ClF3NO2. The number of amides is 1. The van der Waals surface area contributed by atoms with Gasteiger partial charge in [-0.15, -0.1) is 0 Å². The van der Waals surface area contributed by atoms with Crippen molar-refractivity contribution in [1.82, 2.24) is 5.32 Å². The van der Waals surface area contributed by atoms with Crippen LogP contribution in [0.1, 0.15) is 27.6 Å². The predicted molar refractivity (Wildman–Crippen MR) is 79.8 cm³/mol. The van der Waals surface area contributed by atoms with Crippen molar-refractivity contribution in [2.75, 3.05) is 6.54 Å². The van der Waals surface area contributed by atoms with Crippen LogP contribution in [0, 0.1) is 24.4 Å². The second-order valence-electron chi connectivity index (χ2n) is 4.98. The highest BCUT2D eigenvalue weighted by Gasteiger charge is 2.17. The van der Waals surface area contributed by atoms with Gasteiger partial charge in [0.1, 0.15) is 17.5 Å². The van der Waals surface area contributed by atoms with E-state index < -0.39 is 35.0 Å². The van der Waals surface area contributed by atoms with Gasteiger partial charge in [-0.2, -0.15) is 0 Å². The summed E-state index contributed by atoms with van der Waals surface area (Å²) in [5, 5.41) is 12.1. The van der Waals surface area contributed by atoms with Crippen LogP contribution in [0.25, 0.3) is 0 Å². The van der Waals surface area contributed by atoms with E-state index in [0.717, 1.165) is 18.2 Å². The molecule has 0 fully saturated rings. The average molecular weight is 344 g/mol. The molecule has 1 atom stereocenters. The first-order chi connectivity index (χ1) is 10.8. The number of aryl methyl sites for hydroxylation is 1. The molecule has 0 radical (unpaired) electrons. The number of aliphatic hydroxyl groups is 1. The van der Waals surface area contributed by atoms with Gasteiger partial charge < -0.3 is 10.4 Å². The van der Waals surface area contributed by atoms with Crippen molar-refractivity contribution < 1.29 is 23.1 Å². The molecule has 3 nitrogen and oxygen atoms in total. The number of halogens is 4. The van der Waals surface area contributed by atoms with Crippen molar-refractivity contribution in [2.45, 2.75) is 13.0 Å². The van der Waals surface area contributed by atoms with E-state index >= 15 is 0 Å². The smallest absolute Gasteiger partial charge is 0.254 e. The van der Waals surface area contributed by atoms with Gasteiger partial charge in [0.05, 0.1) is 16.7 Å². The van der Waals surface area contributed by atoms with Crippen molar-refractivity contribution in [3.8, 4) is 0 Å². The van der Waals surface area contributed by atoms with Crippen LogP contribution < -0.4 is 5.32 Å². The molecule has 122 valence electrons. The Morgan fingerprint density at radius 1 is 1.17 bits per heavy atom. The molecule has 0 bridgehead atoms. The number of hydrogen-bond donors (Lipinski definition) is 2. The number of nitrogens with one attached hydrogen (secondary N) is 1. The summed E-state index contributed by atoms with van der Waals surface area (Å²) < 4.78 is 40.4. The Bertz CT molecular complexity index is 752. The van der Waals surface area contributed by atoms with Gasteiger partial charge >= 0.3 is 0 Å². The molecule has 0 heterocycles. The molecule has 0 aliphatic rings. The zero-order chi connectivity index (χ0) is 17.1. The highest BCUT2D eigenvalue weighted by atomic mass is 35.5. The lowest BCUT2D eigenvalue weighted by molar-refractivity contribution is 0.0911. The van der Waals surface area contributed by atoms with Crippen LogP contribution in [0.15, 0.2) is 30.3 Å². The Hall–Kier alpha value is -2.05. The molecule has 0 aliphatic heterocycles. The summed E-state index contributed by atoms with van der Waals surface area (Å²) in [6.45, 7) is 1.08. The SMILES string of the molecule is Cc1cc(F)c(C(=O)NCC(O)c2ccc(Cl)c(F)c2)cc1F. The van der Waals surface area contributed by atoms with E-state index in [1.807, 2.05) is 0 Å². The molecule has 0 saturated heterocycles.